The first kappa shape index (κ1) is 34.3. The molecule has 3 amide bonds. The molecule has 2 aromatic rings. The van der Waals surface area contributed by atoms with E-state index in [1.807, 2.05) is 31.2 Å². The van der Waals surface area contributed by atoms with Crippen LogP contribution in [0.2, 0.25) is 0 Å². The zero-order chi connectivity index (χ0) is 34.4. The number of hydrogen-bond donors (Lipinski definition) is 3. The van der Waals surface area contributed by atoms with Crippen molar-refractivity contribution in [2.75, 3.05) is 20.3 Å². The summed E-state index contributed by atoms with van der Waals surface area (Å²) in [6.07, 6.45) is 5.45. The molecule has 2 aliphatic heterocycles. The molecule has 12 nitrogen and oxygen atoms in total. The minimum Gasteiger partial charge on any atom is -0.494 e. The Labute approximate surface area is 280 Å². The summed E-state index contributed by atoms with van der Waals surface area (Å²) in [5.41, 5.74) is 5.07. The minimum absolute atomic E-state index is 0.0605. The normalized spacial score (nSPS) is 32.2. The second-order valence-corrected chi connectivity index (χ2v) is 16.5. The molecule has 262 valence electrons. The van der Waals surface area contributed by atoms with E-state index < -0.39 is 62.9 Å². The lowest BCUT2D eigenvalue weighted by Gasteiger charge is -2.30. The fourth-order valence-electron chi connectivity index (χ4n) is 7.55. The van der Waals surface area contributed by atoms with E-state index >= 15 is 0 Å². The number of hydrogen-bond acceptors (Lipinski definition) is 9. The SMILES string of the molecule is COc1cnc(O[C@@H]2C[C@H]3C(=O)N[C@]4(C(=O)NS(=O)(=O)C5(CF)CC5)C[C@H]4CCCC[C@H](C)C[C@@H](C)[C@H](N)C(=O)N3C2)c2ccccc12. The van der Waals surface area contributed by atoms with Gasteiger partial charge in [-0.15, -0.1) is 0 Å². The van der Waals surface area contributed by atoms with E-state index in [0.29, 0.717) is 29.4 Å². The number of nitrogens with two attached hydrogens (primary N) is 1. The van der Waals surface area contributed by atoms with Crippen molar-refractivity contribution in [2.24, 2.45) is 23.5 Å². The van der Waals surface area contributed by atoms with Crippen LogP contribution in [0.1, 0.15) is 71.6 Å². The fraction of sp³-hybridized carbons (Fsp3) is 0.647. The van der Waals surface area contributed by atoms with Crippen molar-refractivity contribution in [3.8, 4) is 11.6 Å². The maximum Gasteiger partial charge on any atom is 0.259 e. The van der Waals surface area contributed by atoms with Crippen molar-refractivity contribution < 1.29 is 36.7 Å². The largest absolute Gasteiger partial charge is 0.494 e. The highest BCUT2D eigenvalue weighted by molar-refractivity contribution is 7.91. The van der Waals surface area contributed by atoms with Crippen LogP contribution >= 0.6 is 0 Å². The number of carbonyl (C=O) groups is 3. The summed E-state index contributed by atoms with van der Waals surface area (Å²) in [5, 5.41) is 4.37. The Morgan fingerprint density at radius 1 is 1.15 bits per heavy atom. The molecule has 6 rings (SSSR count). The van der Waals surface area contributed by atoms with Crippen LogP contribution in [0.4, 0.5) is 4.39 Å². The van der Waals surface area contributed by atoms with Crippen LogP contribution < -0.4 is 25.2 Å². The number of methoxy groups -OCH3 is 1. The second kappa shape index (κ2) is 13.1. The smallest absolute Gasteiger partial charge is 0.259 e. The topological polar surface area (TPSA) is 170 Å². The van der Waals surface area contributed by atoms with E-state index in [4.69, 9.17) is 15.2 Å². The summed E-state index contributed by atoms with van der Waals surface area (Å²) in [7, 11) is -2.74. The van der Waals surface area contributed by atoms with Crippen molar-refractivity contribution in [1.29, 1.82) is 0 Å². The van der Waals surface area contributed by atoms with Gasteiger partial charge in [-0.1, -0.05) is 51.3 Å². The summed E-state index contributed by atoms with van der Waals surface area (Å²) in [6, 6.07) is 5.56. The van der Waals surface area contributed by atoms with E-state index in [0.717, 1.165) is 31.1 Å². The predicted molar refractivity (Wildman–Crippen MR) is 176 cm³/mol. The van der Waals surface area contributed by atoms with E-state index in [1.165, 1.54) is 4.90 Å². The lowest BCUT2D eigenvalue weighted by atomic mass is 9.88. The average molecular weight is 688 g/mol. The van der Waals surface area contributed by atoms with Crippen molar-refractivity contribution in [1.82, 2.24) is 19.9 Å². The molecular formula is C34H46FN5O7S. The number of sulfonamides is 1. The van der Waals surface area contributed by atoms with Gasteiger partial charge in [0.05, 0.1) is 25.9 Å². The molecule has 0 radical (unpaired) electrons. The number of nitrogens with one attached hydrogen (secondary N) is 2. The van der Waals surface area contributed by atoms with E-state index in [9.17, 15) is 27.2 Å². The molecule has 2 saturated heterocycles. The second-order valence-electron chi connectivity index (χ2n) is 14.4. The average Bonchev–Trinajstić information content (AvgIpc) is 3.97. The van der Waals surface area contributed by atoms with Crippen molar-refractivity contribution in [2.45, 2.75) is 100 Å². The summed E-state index contributed by atoms with van der Waals surface area (Å²) in [4.78, 5) is 47.8. The molecule has 4 fully saturated rings. The first-order valence-electron chi connectivity index (χ1n) is 16.9. The zero-order valence-corrected chi connectivity index (χ0v) is 28.6. The third-order valence-electron chi connectivity index (χ3n) is 10.9. The number of alkyl halides is 1. The lowest BCUT2D eigenvalue weighted by molar-refractivity contribution is -0.141. The molecule has 0 spiro atoms. The molecule has 14 heteroatoms. The van der Waals surface area contributed by atoms with Crippen LogP contribution in [-0.4, -0.2) is 84.8 Å². The molecule has 3 heterocycles. The number of benzene rings is 1. The highest BCUT2D eigenvalue weighted by Gasteiger charge is 2.64. The highest BCUT2D eigenvalue weighted by atomic mass is 32.2. The Bertz CT molecular complexity index is 1690. The number of amides is 3. The fourth-order valence-corrected chi connectivity index (χ4v) is 8.98. The minimum atomic E-state index is -4.30. The van der Waals surface area contributed by atoms with Gasteiger partial charge in [0, 0.05) is 17.2 Å². The van der Waals surface area contributed by atoms with Crippen molar-refractivity contribution in [3.05, 3.63) is 30.5 Å². The Morgan fingerprint density at radius 3 is 2.54 bits per heavy atom. The lowest BCUT2D eigenvalue weighted by Crippen LogP contribution is -2.58. The Kier molecular flexibility index (Phi) is 9.35. The van der Waals surface area contributed by atoms with Gasteiger partial charge in [-0.2, -0.15) is 0 Å². The third kappa shape index (κ3) is 6.33. The summed E-state index contributed by atoms with van der Waals surface area (Å²) in [5.74, 6) is -1.09. The van der Waals surface area contributed by atoms with Gasteiger partial charge in [-0.05, 0) is 55.9 Å². The van der Waals surface area contributed by atoms with E-state index in [1.54, 1.807) is 13.3 Å². The third-order valence-corrected chi connectivity index (χ3v) is 13.1. The molecule has 2 saturated carbocycles. The number of rotatable bonds is 7. The summed E-state index contributed by atoms with van der Waals surface area (Å²) >= 11 is 0. The number of carbonyl (C=O) groups excluding carboxylic acids is 3. The first-order valence-corrected chi connectivity index (χ1v) is 18.4. The number of fused-ring (bicyclic) bond motifs is 3. The van der Waals surface area contributed by atoms with Crippen LogP contribution in [0.3, 0.4) is 0 Å². The van der Waals surface area contributed by atoms with Gasteiger partial charge in [-0.25, -0.2) is 17.8 Å². The van der Waals surface area contributed by atoms with Crippen molar-refractivity contribution in [3.63, 3.8) is 0 Å². The molecule has 2 aliphatic carbocycles. The van der Waals surface area contributed by atoms with E-state index in [-0.39, 0.29) is 44.1 Å². The number of nitrogens with zero attached hydrogens (tertiary/aromatic N) is 2. The van der Waals surface area contributed by atoms with Gasteiger partial charge in [-0.3, -0.25) is 19.1 Å². The first-order chi connectivity index (χ1) is 22.8. The molecule has 0 bridgehead atoms. The zero-order valence-electron chi connectivity index (χ0n) is 27.7. The van der Waals surface area contributed by atoms with Crippen LogP contribution in [0.25, 0.3) is 10.8 Å². The standard InChI is InChI=1S/C34H46FN5O7S/c1-20-8-4-5-9-22-16-34(22,32(43)39-48(44,45)33(19-35)12-13-33)38-29(41)26-15-23(18-40(26)31(42)28(36)21(2)14-20)47-30-25-11-7-6-10-24(25)27(46-3)17-37-30/h6-7,10-11,17,20-23,26,28H,4-5,8-9,12-16,18-19,36H2,1-3H3,(H,38,41)(H,39,43)/t20-,21+,22+,23+,26-,28-,34+/m0/s1. The number of halogens is 1. The molecule has 0 unspecified atom stereocenters. The summed E-state index contributed by atoms with van der Waals surface area (Å²) < 4.78 is 52.1. The van der Waals surface area contributed by atoms with Crippen LogP contribution in [0.15, 0.2) is 30.5 Å². The number of pyridine rings is 1. The molecule has 1 aromatic heterocycles. The van der Waals surface area contributed by atoms with Crippen LogP contribution in [0, 0.1) is 17.8 Å². The predicted octanol–water partition coefficient (Wildman–Crippen LogP) is 2.98. The molecule has 1 aromatic carbocycles. The van der Waals surface area contributed by atoms with Gasteiger partial charge >= 0.3 is 0 Å². The summed E-state index contributed by atoms with van der Waals surface area (Å²) in [6.45, 7) is 3.05. The molecule has 4 aliphatic rings. The highest BCUT2D eigenvalue weighted by Crippen LogP contribution is 2.49. The van der Waals surface area contributed by atoms with Gasteiger partial charge in [0.2, 0.25) is 27.7 Å². The van der Waals surface area contributed by atoms with Gasteiger partial charge < -0.3 is 25.4 Å². The molecule has 48 heavy (non-hydrogen) atoms. The van der Waals surface area contributed by atoms with Crippen LogP contribution in [-0.2, 0) is 24.4 Å². The Morgan fingerprint density at radius 2 is 1.85 bits per heavy atom. The van der Waals surface area contributed by atoms with Crippen LogP contribution in [0.5, 0.6) is 11.6 Å². The number of aromatic nitrogens is 1. The molecule has 7 atom stereocenters. The van der Waals surface area contributed by atoms with Gasteiger partial charge in [0.25, 0.3) is 5.91 Å². The monoisotopic (exact) mass is 687 g/mol. The maximum absolute atomic E-state index is 14.2. The van der Waals surface area contributed by atoms with Crippen molar-refractivity contribution >= 4 is 38.5 Å². The van der Waals surface area contributed by atoms with Gasteiger partial charge in [0.15, 0.2) is 0 Å². The quantitative estimate of drug-likeness (QED) is 0.396. The Balaban J connectivity index is 1.29. The maximum atomic E-state index is 14.2. The molecular weight excluding hydrogens is 641 g/mol. The Hall–Kier alpha value is -3.52. The van der Waals surface area contributed by atoms with Gasteiger partial charge in [0.1, 0.15) is 34.9 Å². The van der Waals surface area contributed by atoms with E-state index in [2.05, 4.69) is 21.9 Å². The molecule has 4 N–H and O–H groups in total. The number of ether oxygens (including phenoxy) is 2.